The number of hydrogen-bond acceptors (Lipinski definition) is 3. The number of ether oxygens (including phenoxy) is 1. The van der Waals surface area contributed by atoms with Crippen molar-refractivity contribution in [3.05, 3.63) is 35.4 Å². The minimum atomic E-state index is -0.109. The Morgan fingerprint density at radius 3 is 3.14 bits per heavy atom. The second kappa shape index (κ2) is 4.05. The van der Waals surface area contributed by atoms with Crippen LogP contribution in [0.3, 0.4) is 0 Å². The first-order valence-electron chi connectivity index (χ1n) is 4.69. The molecule has 0 radical (unpaired) electrons. The van der Waals surface area contributed by atoms with Crippen LogP contribution in [0, 0.1) is 0 Å². The lowest BCUT2D eigenvalue weighted by atomic mass is 10.1. The van der Waals surface area contributed by atoms with Crippen LogP contribution in [0.1, 0.15) is 23.3 Å². The van der Waals surface area contributed by atoms with Crippen molar-refractivity contribution in [3.63, 3.8) is 0 Å². The molecule has 0 bridgehead atoms. The maximum atomic E-state index is 11.6. The quantitative estimate of drug-likeness (QED) is 0.699. The lowest BCUT2D eigenvalue weighted by Crippen LogP contribution is -2.11. The highest BCUT2D eigenvalue weighted by Crippen LogP contribution is 2.41. The second-order valence-corrected chi connectivity index (χ2v) is 4.24. The Labute approximate surface area is 87.6 Å². The van der Waals surface area contributed by atoms with Gasteiger partial charge in [0, 0.05) is 5.75 Å². The molecule has 1 atom stereocenters. The molecule has 0 saturated carbocycles. The van der Waals surface area contributed by atoms with Crippen molar-refractivity contribution in [1.29, 1.82) is 0 Å². The average Bonchev–Trinajstić information content (AvgIpc) is 2.61. The number of carbonyl (C=O) groups is 1. The van der Waals surface area contributed by atoms with E-state index < -0.39 is 0 Å². The molecule has 1 unspecified atom stereocenters. The van der Waals surface area contributed by atoms with Crippen LogP contribution in [0.4, 0.5) is 0 Å². The Hall–Kier alpha value is -0.960. The number of fused-ring (bicyclic) bond motifs is 1. The van der Waals surface area contributed by atoms with E-state index in [9.17, 15) is 4.79 Å². The monoisotopic (exact) mass is 208 g/mol. The van der Waals surface area contributed by atoms with Gasteiger partial charge in [0.05, 0.1) is 6.61 Å². The maximum Gasteiger partial charge on any atom is 0.323 e. The largest absolute Gasteiger partial charge is 0.465 e. The lowest BCUT2D eigenvalue weighted by molar-refractivity contribution is -0.142. The highest BCUT2D eigenvalue weighted by atomic mass is 32.2. The summed E-state index contributed by atoms with van der Waals surface area (Å²) in [5.74, 6) is 0.807. The van der Waals surface area contributed by atoms with Gasteiger partial charge in [0.2, 0.25) is 0 Å². The van der Waals surface area contributed by atoms with Crippen molar-refractivity contribution in [3.8, 4) is 0 Å². The van der Waals surface area contributed by atoms with E-state index >= 15 is 0 Å². The molecule has 1 aliphatic heterocycles. The topological polar surface area (TPSA) is 26.3 Å². The van der Waals surface area contributed by atoms with Crippen LogP contribution in [-0.2, 0) is 15.3 Å². The molecule has 1 heterocycles. The summed E-state index contributed by atoms with van der Waals surface area (Å²) in [7, 11) is 0. The zero-order chi connectivity index (χ0) is 9.97. The number of hydrogen-bond donors (Lipinski definition) is 0. The Kier molecular flexibility index (Phi) is 2.77. The van der Waals surface area contributed by atoms with E-state index in [1.54, 1.807) is 11.8 Å². The molecule has 0 spiro atoms. The summed E-state index contributed by atoms with van der Waals surface area (Å²) < 4.78 is 5.02. The van der Waals surface area contributed by atoms with Crippen molar-refractivity contribution < 1.29 is 9.53 Å². The summed E-state index contributed by atoms with van der Waals surface area (Å²) >= 11 is 1.64. The van der Waals surface area contributed by atoms with Crippen molar-refractivity contribution in [1.82, 2.24) is 0 Å². The fourth-order valence-electron chi connectivity index (χ4n) is 1.60. The molecule has 1 aromatic carbocycles. The van der Waals surface area contributed by atoms with Gasteiger partial charge in [-0.15, -0.1) is 11.8 Å². The average molecular weight is 208 g/mol. The smallest absolute Gasteiger partial charge is 0.323 e. The van der Waals surface area contributed by atoms with Crippen LogP contribution < -0.4 is 0 Å². The SMILES string of the molecule is CCOC(=O)C1SCc2ccccc21. The third kappa shape index (κ3) is 1.64. The van der Waals surface area contributed by atoms with Gasteiger partial charge in [-0.1, -0.05) is 24.3 Å². The molecule has 0 aromatic heterocycles. The summed E-state index contributed by atoms with van der Waals surface area (Å²) in [6.45, 7) is 2.29. The Morgan fingerprint density at radius 1 is 1.57 bits per heavy atom. The van der Waals surface area contributed by atoms with Crippen LogP contribution in [0.2, 0.25) is 0 Å². The van der Waals surface area contributed by atoms with E-state index in [-0.39, 0.29) is 11.2 Å². The van der Waals surface area contributed by atoms with E-state index in [4.69, 9.17) is 4.74 Å². The molecule has 3 heteroatoms. The number of rotatable bonds is 2. The molecule has 0 fully saturated rings. The zero-order valence-electron chi connectivity index (χ0n) is 8.03. The summed E-state index contributed by atoms with van der Waals surface area (Å²) in [6, 6.07) is 8.06. The van der Waals surface area contributed by atoms with Gasteiger partial charge in [-0.2, -0.15) is 0 Å². The molecule has 0 saturated heterocycles. The highest BCUT2D eigenvalue weighted by Gasteiger charge is 2.29. The van der Waals surface area contributed by atoms with E-state index in [1.165, 1.54) is 5.56 Å². The van der Waals surface area contributed by atoms with Crippen LogP contribution in [0.5, 0.6) is 0 Å². The standard InChI is InChI=1S/C11H12O2S/c1-2-13-11(12)10-9-6-4-3-5-8(9)7-14-10/h3-6,10H,2,7H2,1H3. The van der Waals surface area contributed by atoms with Crippen molar-refractivity contribution >= 4 is 17.7 Å². The normalized spacial score (nSPS) is 19.1. The molecule has 1 aliphatic rings. The van der Waals surface area contributed by atoms with Crippen molar-refractivity contribution in [2.45, 2.75) is 17.9 Å². The van der Waals surface area contributed by atoms with Crippen LogP contribution in [-0.4, -0.2) is 12.6 Å². The summed E-state index contributed by atoms with van der Waals surface area (Å²) in [5, 5.41) is -0.105. The number of esters is 1. The van der Waals surface area contributed by atoms with Crippen molar-refractivity contribution in [2.24, 2.45) is 0 Å². The molecule has 1 aromatic rings. The van der Waals surface area contributed by atoms with Gasteiger partial charge in [-0.05, 0) is 18.1 Å². The first kappa shape index (κ1) is 9.59. The van der Waals surface area contributed by atoms with Gasteiger partial charge in [0.25, 0.3) is 0 Å². The van der Waals surface area contributed by atoms with Crippen LogP contribution >= 0.6 is 11.8 Å². The van der Waals surface area contributed by atoms with Gasteiger partial charge in [0.1, 0.15) is 5.25 Å². The first-order chi connectivity index (χ1) is 6.83. The number of benzene rings is 1. The molecular weight excluding hydrogens is 196 g/mol. The predicted molar refractivity (Wildman–Crippen MR) is 57.1 cm³/mol. The number of carbonyl (C=O) groups excluding carboxylic acids is 1. The Balaban J connectivity index is 2.21. The van der Waals surface area contributed by atoms with Gasteiger partial charge >= 0.3 is 5.97 Å². The Bertz CT molecular complexity index is 349. The maximum absolute atomic E-state index is 11.6. The molecule has 2 rings (SSSR count). The van der Waals surface area contributed by atoms with E-state index in [1.807, 2.05) is 25.1 Å². The Morgan fingerprint density at radius 2 is 2.36 bits per heavy atom. The van der Waals surface area contributed by atoms with Gasteiger partial charge in [-0.25, -0.2) is 0 Å². The van der Waals surface area contributed by atoms with E-state index in [2.05, 4.69) is 6.07 Å². The molecule has 0 aliphatic carbocycles. The van der Waals surface area contributed by atoms with Gasteiger partial charge in [0.15, 0.2) is 0 Å². The minimum absolute atomic E-state index is 0.105. The third-order valence-corrected chi connectivity index (χ3v) is 3.50. The molecular formula is C11H12O2S. The van der Waals surface area contributed by atoms with Gasteiger partial charge in [-0.3, -0.25) is 4.79 Å². The molecule has 0 amide bonds. The van der Waals surface area contributed by atoms with Gasteiger partial charge < -0.3 is 4.74 Å². The first-order valence-corrected chi connectivity index (χ1v) is 5.74. The predicted octanol–water partition coefficient (Wildman–Crippen LogP) is 2.54. The van der Waals surface area contributed by atoms with Crippen LogP contribution in [0.25, 0.3) is 0 Å². The molecule has 0 N–H and O–H groups in total. The van der Waals surface area contributed by atoms with E-state index in [0.29, 0.717) is 6.61 Å². The van der Waals surface area contributed by atoms with E-state index in [0.717, 1.165) is 11.3 Å². The molecule has 14 heavy (non-hydrogen) atoms. The molecule has 74 valence electrons. The van der Waals surface area contributed by atoms with Crippen LogP contribution in [0.15, 0.2) is 24.3 Å². The number of thioether (sulfide) groups is 1. The molecule has 2 nitrogen and oxygen atoms in total. The third-order valence-electron chi connectivity index (χ3n) is 2.24. The highest BCUT2D eigenvalue weighted by molar-refractivity contribution is 7.99. The van der Waals surface area contributed by atoms with Crippen molar-refractivity contribution in [2.75, 3.05) is 6.61 Å². The second-order valence-electron chi connectivity index (χ2n) is 3.14. The summed E-state index contributed by atoms with van der Waals surface area (Å²) in [6.07, 6.45) is 0. The minimum Gasteiger partial charge on any atom is -0.465 e. The summed E-state index contributed by atoms with van der Waals surface area (Å²) in [4.78, 5) is 11.6. The fraction of sp³-hybridized carbons (Fsp3) is 0.364. The lowest BCUT2D eigenvalue weighted by Gasteiger charge is -2.08. The summed E-state index contributed by atoms with van der Waals surface area (Å²) in [5.41, 5.74) is 2.38. The zero-order valence-corrected chi connectivity index (χ0v) is 8.84. The fourth-order valence-corrected chi connectivity index (χ4v) is 2.82.